The molecule has 2 heterocycles. The fraction of sp³-hybridized carbons (Fsp3) is 0.857. The Kier molecular flexibility index (Phi) is 4.33. The maximum Gasteiger partial charge on any atom is 0.205 e. The summed E-state index contributed by atoms with van der Waals surface area (Å²) in [7, 11) is 0. The second-order valence-corrected chi connectivity index (χ2v) is 6.60. The van der Waals surface area contributed by atoms with E-state index in [4.69, 9.17) is 4.98 Å². The minimum absolute atomic E-state index is 0.678. The number of hydrogen-bond acceptors (Lipinski definition) is 5. The SMILES string of the molecule is CCCNCC1CCCN(c2nc(C3CC3)ns2)C1. The molecule has 0 bridgehead atoms. The van der Waals surface area contributed by atoms with Crippen LogP contribution < -0.4 is 10.2 Å². The Morgan fingerprint density at radius 2 is 2.26 bits per heavy atom. The van der Waals surface area contributed by atoms with Crippen LogP contribution in [-0.4, -0.2) is 35.5 Å². The van der Waals surface area contributed by atoms with E-state index < -0.39 is 0 Å². The molecule has 106 valence electrons. The van der Waals surface area contributed by atoms with Crippen LogP contribution in [0.1, 0.15) is 50.8 Å². The molecule has 1 aromatic rings. The van der Waals surface area contributed by atoms with Crippen molar-refractivity contribution >= 4 is 16.7 Å². The smallest absolute Gasteiger partial charge is 0.205 e. The summed E-state index contributed by atoms with van der Waals surface area (Å²) in [5, 5.41) is 4.71. The third kappa shape index (κ3) is 3.45. The van der Waals surface area contributed by atoms with Crippen LogP contribution in [0.5, 0.6) is 0 Å². The van der Waals surface area contributed by atoms with E-state index in [0.717, 1.165) is 43.1 Å². The molecule has 0 amide bonds. The number of anilines is 1. The van der Waals surface area contributed by atoms with E-state index in [1.807, 2.05) is 0 Å². The van der Waals surface area contributed by atoms with Crippen LogP contribution in [-0.2, 0) is 0 Å². The molecule has 2 aliphatic rings. The van der Waals surface area contributed by atoms with E-state index in [2.05, 4.69) is 21.5 Å². The number of hydrogen-bond donors (Lipinski definition) is 1. The van der Waals surface area contributed by atoms with Crippen LogP contribution >= 0.6 is 11.5 Å². The Bertz CT molecular complexity index is 402. The van der Waals surface area contributed by atoms with Crippen molar-refractivity contribution in [3.63, 3.8) is 0 Å². The van der Waals surface area contributed by atoms with Crippen LogP contribution in [0.15, 0.2) is 0 Å². The summed E-state index contributed by atoms with van der Waals surface area (Å²) in [6.45, 7) is 6.82. The number of nitrogens with zero attached hydrogens (tertiary/aromatic N) is 3. The predicted molar refractivity (Wildman–Crippen MR) is 80.0 cm³/mol. The van der Waals surface area contributed by atoms with E-state index in [9.17, 15) is 0 Å². The molecule has 1 aromatic heterocycles. The average molecular weight is 280 g/mol. The highest BCUT2D eigenvalue weighted by Crippen LogP contribution is 2.40. The monoisotopic (exact) mass is 280 g/mol. The lowest BCUT2D eigenvalue weighted by atomic mass is 9.98. The van der Waals surface area contributed by atoms with Gasteiger partial charge in [-0.2, -0.15) is 4.37 Å². The molecule has 0 aromatic carbocycles. The fourth-order valence-corrected chi connectivity index (χ4v) is 3.53. The molecule has 4 nitrogen and oxygen atoms in total. The summed E-state index contributed by atoms with van der Waals surface area (Å²) in [6, 6.07) is 0. The first kappa shape index (κ1) is 13.3. The van der Waals surface area contributed by atoms with Gasteiger partial charge in [0.15, 0.2) is 0 Å². The lowest BCUT2D eigenvalue weighted by Gasteiger charge is -2.32. The van der Waals surface area contributed by atoms with Gasteiger partial charge in [-0.3, -0.25) is 0 Å². The van der Waals surface area contributed by atoms with Crippen molar-refractivity contribution in [2.45, 2.75) is 44.9 Å². The number of aromatic nitrogens is 2. The highest BCUT2D eigenvalue weighted by Gasteiger charge is 2.29. The molecule has 5 heteroatoms. The van der Waals surface area contributed by atoms with E-state index >= 15 is 0 Å². The zero-order valence-corrected chi connectivity index (χ0v) is 12.6. The zero-order valence-electron chi connectivity index (χ0n) is 11.8. The van der Waals surface area contributed by atoms with Crippen molar-refractivity contribution in [3.05, 3.63) is 5.82 Å². The average Bonchev–Trinajstić information content (AvgIpc) is 3.17. The maximum atomic E-state index is 4.74. The van der Waals surface area contributed by atoms with Crippen LogP contribution in [0.25, 0.3) is 0 Å². The van der Waals surface area contributed by atoms with Crippen LogP contribution in [0.3, 0.4) is 0 Å². The minimum atomic E-state index is 0.678. The van der Waals surface area contributed by atoms with E-state index in [0.29, 0.717) is 5.92 Å². The molecule has 1 saturated heterocycles. The number of nitrogens with one attached hydrogen (secondary N) is 1. The predicted octanol–water partition coefficient (Wildman–Crippen LogP) is 2.63. The minimum Gasteiger partial charge on any atom is -0.347 e. The van der Waals surface area contributed by atoms with E-state index in [1.165, 1.54) is 32.1 Å². The number of rotatable bonds is 6. The molecule has 1 atom stereocenters. The van der Waals surface area contributed by atoms with Gasteiger partial charge in [0.2, 0.25) is 5.13 Å². The van der Waals surface area contributed by atoms with Gasteiger partial charge in [0.05, 0.1) is 0 Å². The summed E-state index contributed by atoms with van der Waals surface area (Å²) in [6.07, 6.45) is 6.44. The van der Waals surface area contributed by atoms with E-state index in [-0.39, 0.29) is 0 Å². The van der Waals surface area contributed by atoms with Crippen molar-refractivity contribution in [2.75, 3.05) is 31.1 Å². The Hall–Kier alpha value is -0.680. The Labute approximate surface area is 119 Å². The van der Waals surface area contributed by atoms with Gasteiger partial charge in [-0.05, 0) is 51.1 Å². The van der Waals surface area contributed by atoms with Gasteiger partial charge in [0.25, 0.3) is 0 Å². The molecule has 1 saturated carbocycles. The molecule has 19 heavy (non-hydrogen) atoms. The van der Waals surface area contributed by atoms with Gasteiger partial charge < -0.3 is 10.2 Å². The molecule has 1 aliphatic carbocycles. The van der Waals surface area contributed by atoms with Crippen molar-refractivity contribution in [1.29, 1.82) is 0 Å². The molecule has 0 radical (unpaired) electrons. The van der Waals surface area contributed by atoms with Crippen molar-refractivity contribution in [1.82, 2.24) is 14.7 Å². The first-order chi connectivity index (χ1) is 9.36. The molecular formula is C14H24N4S. The third-order valence-corrected chi connectivity index (χ3v) is 4.81. The summed E-state index contributed by atoms with van der Waals surface area (Å²) in [5.41, 5.74) is 0. The normalized spacial score (nSPS) is 23.8. The highest BCUT2D eigenvalue weighted by atomic mass is 32.1. The summed E-state index contributed by atoms with van der Waals surface area (Å²) in [4.78, 5) is 7.19. The standard InChI is InChI=1S/C14H24N4S/c1-2-7-15-9-11-4-3-8-18(10-11)14-16-13(17-19-14)12-5-6-12/h11-12,15H,2-10H2,1H3. The quantitative estimate of drug-likeness (QED) is 0.813. The molecule has 2 fully saturated rings. The van der Waals surface area contributed by atoms with Crippen LogP contribution in [0.2, 0.25) is 0 Å². The molecule has 1 N–H and O–H groups in total. The fourth-order valence-electron chi connectivity index (χ4n) is 2.75. The van der Waals surface area contributed by atoms with Crippen molar-refractivity contribution in [2.24, 2.45) is 5.92 Å². The third-order valence-electron chi connectivity index (χ3n) is 4.02. The van der Waals surface area contributed by atoms with Gasteiger partial charge >= 0.3 is 0 Å². The lowest BCUT2D eigenvalue weighted by molar-refractivity contribution is 0.392. The van der Waals surface area contributed by atoms with Gasteiger partial charge in [0.1, 0.15) is 5.82 Å². The lowest BCUT2D eigenvalue weighted by Crippen LogP contribution is -2.39. The summed E-state index contributed by atoms with van der Waals surface area (Å²) in [5.74, 6) is 2.55. The van der Waals surface area contributed by atoms with Crippen molar-refractivity contribution < 1.29 is 0 Å². The first-order valence-corrected chi connectivity index (χ1v) is 8.43. The van der Waals surface area contributed by atoms with Gasteiger partial charge in [-0.1, -0.05) is 6.92 Å². The van der Waals surface area contributed by atoms with Crippen LogP contribution in [0, 0.1) is 5.92 Å². The number of piperidine rings is 1. The summed E-state index contributed by atoms with van der Waals surface area (Å²) >= 11 is 1.60. The maximum absolute atomic E-state index is 4.74. The van der Waals surface area contributed by atoms with Crippen molar-refractivity contribution in [3.8, 4) is 0 Å². The highest BCUT2D eigenvalue weighted by molar-refractivity contribution is 7.09. The molecule has 1 aliphatic heterocycles. The first-order valence-electron chi connectivity index (χ1n) is 7.66. The van der Waals surface area contributed by atoms with Gasteiger partial charge in [0, 0.05) is 30.5 Å². The Morgan fingerprint density at radius 1 is 1.37 bits per heavy atom. The molecule has 1 unspecified atom stereocenters. The molecular weight excluding hydrogens is 256 g/mol. The topological polar surface area (TPSA) is 41.0 Å². The zero-order chi connectivity index (χ0) is 13.1. The Balaban J connectivity index is 1.54. The largest absolute Gasteiger partial charge is 0.347 e. The van der Waals surface area contributed by atoms with Gasteiger partial charge in [-0.15, -0.1) is 0 Å². The molecule has 0 spiro atoms. The van der Waals surface area contributed by atoms with Crippen LogP contribution in [0.4, 0.5) is 5.13 Å². The second kappa shape index (κ2) is 6.18. The van der Waals surface area contributed by atoms with E-state index in [1.54, 1.807) is 11.5 Å². The summed E-state index contributed by atoms with van der Waals surface area (Å²) < 4.78 is 4.53. The van der Waals surface area contributed by atoms with Gasteiger partial charge in [-0.25, -0.2) is 4.98 Å². The second-order valence-electron chi connectivity index (χ2n) is 5.87. The Morgan fingerprint density at radius 3 is 3.05 bits per heavy atom. The molecule has 3 rings (SSSR count).